The van der Waals surface area contributed by atoms with Crippen LogP contribution in [0.2, 0.25) is 0 Å². The van der Waals surface area contributed by atoms with Gasteiger partial charge in [-0.15, -0.1) is 0 Å². The quantitative estimate of drug-likeness (QED) is 0.595. The van der Waals surface area contributed by atoms with Gasteiger partial charge in [-0.3, -0.25) is 4.79 Å². The molecule has 0 aromatic heterocycles. The first-order valence-corrected chi connectivity index (χ1v) is 6.58. The molecule has 0 aliphatic heterocycles. The Kier molecular flexibility index (Phi) is 5.50. The van der Waals surface area contributed by atoms with Gasteiger partial charge in [0.2, 0.25) is 5.91 Å². The van der Waals surface area contributed by atoms with Gasteiger partial charge in [-0.05, 0) is 12.2 Å². The summed E-state index contributed by atoms with van der Waals surface area (Å²) in [6.07, 6.45) is 4.09. The number of allylic oxidation sites excluding steroid dienone is 1. The van der Waals surface area contributed by atoms with Crippen molar-refractivity contribution in [2.24, 2.45) is 5.92 Å². The lowest BCUT2D eigenvalue weighted by atomic mass is 10.1. The van der Waals surface area contributed by atoms with Crippen molar-refractivity contribution in [3.8, 4) is 0 Å². The molecule has 0 heterocycles. The lowest BCUT2D eigenvalue weighted by molar-refractivity contribution is -0.140. The van der Waals surface area contributed by atoms with Crippen LogP contribution in [0.3, 0.4) is 0 Å². The van der Waals surface area contributed by atoms with E-state index in [0.717, 1.165) is 6.42 Å². The zero-order chi connectivity index (χ0) is 12.8. The number of carbonyl (C=O) groups is 2. The van der Waals surface area contributed by atoms with Crippen molar-refractivity contribution in [2.45, 2.75) is 25.5 Å². The van der Waals surface area contributed by atoms with Gasteiger partial charge in [-0.2, -0.15) is 11.8 Å². The number of nitrogens with one attached hydrogen (secondary N) is 1. The van der Waals surface area contributed by atoms with Crippen LogP contribution in [-0.2, 0) is 9.59 Å². The van der Waals surface area contributed by atoms with Gasteiger partial charge in [0.05, 0.1) is 6.10 Å². The number of hydrogen-bond donors (Lipinski definition) is 3. The standard InChI is InChI=1S/C11H17NO4S/c1-7(13)12-9(11(15)16)6-17-5-8-3-2-4-10(8)14/h2,4,8-10,14H,3,5-6H2,1H3,(H,12,13)(H,15,16)/t8?,9-,10?/m0/s1. The van der Waals surface area contributed by atoms with Gasteiger partial charge in [0, 0.05) is 18.6 Å². The third-order valence-electron chi connectivity index (χ3n) is 2.55. The van der Waals surface area contributed by atoms with Gasteiger partial charge >= 0.3 is 5.97 Å². The van der Waals surface area contributed by atoms with Crippen LogP contribution < -0.4 is 5.32 Å². The molecule has 2 unspecified atom stereocenters. The van der Waals surface area contributed by atoms with E-state index in [-0.39, 0.29) is 11.8 Å². The predicted octanol–water partition coefficient (Wildman–Crippen LogP) is 0.246. The third-order valence-corrected chi connectivity index (χ3v) is 3.78. The molecule has 0 saturated heterocycles. The minimum Gasteiger partial charge on any atom is -0.480 e. The number of carboxylic acid groups (broad SMARTS) is 1. The number of rotatable bonds is 6. The normalized spacial score (nSPS) is 24.6. The first kappa shape index (κ1) is 14.1. The predicted molar refractivity (Wildman–Crippen MR) is 65.8 cm³/mol. The van der Waals surface area contributed by atoms with E-state index in [1.165, 1.54) is 18.7 Å². The summed E-state index contributed by atoms with van der Waals surface area (Å²) in [5.74, 6) is -0.208. The molecule has 0 saturated carbocycles. The zero-order valence-electron chi connectivity index (χ0n) is 9.63. The molecule has 6 heteroatoms. The molecular formula is C11H17NO4S. The Labute approximate surface area is 104 Å². The fraction of sp³-hybridized carbons (Fsp3) is 0.636. The Bertz CT molecular complexity index is 319. The molecule has 96 valence electrons. The Morgan fingerprint density at radius 3 is 2.76 bits per heavy atom. The van der Waals surface area contributed by atoms with E-state index in [2.05, 4.69) is 5.32 Å². The van der Waals surface area contributed by atoms with E-state index < -0.39 is 18.1 Å². The third kappa shape index (κ3) is 4.79. The molecule has 3 atom stereocenters. The number of hydrogen-bond acceptors (Lipinski definition) is 4. The topological polar surface area (TPSA) is 86.6 Å². The van der Waals surface area contributed by atoms with Crippen molar-refractivity contribution in [2.75, 3.05) is 11.5 Å². The highest BCUT2D eigenvalue weighted by molar-refractivity contribution is 7.99. The van der Waals surface area contributed by atoms with Crippen LogP contribution in [0.15, 0.2) is 12.2 Å². The smallest absolute Gasteiger partial charge is 0.327 e. The molecule has 3 N–H and O–H groups in total. The molecule has 0 aromatic rings. The van der Waals surface area contributed by atoms with E-state index in [0.29, 0.717) is 11.5 Å². The van der Waals surface area contributed by atoms with Crippen molar-refractivity contribution in [3.63, 3.8) is 0 Å². The summed E-state index contributed by atoms with van der Waals surface area (Å²) in [7, 11) is 0. The highest BCUT2D eigenvalue weighted by Gasteiger charge is 2.22. The van der Waals surface area contributed by atoms with Gasteiger partial charge in [0.15, 0.2) is 0 Å². The maximum atomic E-state index is 10.8. The fourth-order valence-corrected chi connectivity index (χ4v) is 2.85. The van der Waals surface area contributed by atoms with Crippen molar-refractivity contribution in [3.05, 3.63) is 12.2 Å². The average molecular weight is 259 g/mol. The Hall–Kier alpha value is -1.01. The average Bonchev–Trinajstić information content (AvgIpc) is 2.62. The number of aliphatic hydroxyl groups is 1. The second-order valence-corrected chi connectivity index (χ2v) is 5.12. The Balaban J connectivity index is 2.27. The van der Waals surface area contributed by atoms with Crippen molar-refractivity contribution in [1.82, 2.24) is 5.32 Å². The van der Waals surface area contributed by atoms with Crippen LogP contribution >= 0.6 is 11.8 Å². The lowest BCUT2D eigenvalue weighted by Crippen LogP contribution is -2.41. The number of carbonyl (C=O) groups excluding carboxylic acids is 1. The van der Waals surface area contributed by atoms with Gasteiger partial charge < -0.3 is 15.5 Å². The summed E-state index contributed by atoms with van der Waals surface area (Å²) in [4.78, 5) is 21.6. The summed E-state index contributed by atoms with van der Waals surface area (Å²) >= 11 is 1.44. The van der Waals surface area contributed by atoms with Gasteiger partial charge in [-0.1, -0.05) is 12.2 Å². The minimum atomic E-state index is -1.03. The van der Waals surface area contributed by atoms with Crippen LogP contribution in [0.5, 0.6) is 0 Å². The van der Waals surface area contributed by atoms with Gasteiger partial charge in [0.1, 0.15) is 6.04 Å². The first-order valence-electron chi connectivity index (χ1n) is 5.43. The molecular weight excluding hydrogens is 242 g/mol. The van der Waals surface area contributed by atoms with E-state index in [4.69, 9.17) is 5.11 Å². The largest absolute Gasteiger partial charge is 0.480 e. The van der Waals surface area contributed by atoms with Crippen LogP contribution in [0.25, 0.3) is 0 Å². The number of aliphatic hydroxyl groups excluding tert-OH is 1. The van der Waals surface area contributed by atoms with Crippen LogP contribution in [0, 0.1) is 5.92 Å². The molecule has 17 heavy (non-hydrogen) atoms. The number of aliphatic carboxylic acids is 1. The number of carboxylic acids is 1. The Morgan fingerprint density at radius 1 is 1.59 bits per heavy atom. The second kappa shape index (κ2) is 6.66. The first-order chi connectivity index (χ1) is 8.00. The van der Waals surface area contributed by atoms with E-state index >= 15 is 0 Å². The van der Waals surface area contributed by atoms with Crippen molar-refractivity contribution in [1.29, 1.82) is 0 Å². The van der Waals surface area contributed by atoms with Crippen LogP contribution in [0.1, 0.15) is 13.3 Å². The molecule has 1 aliphatic carbocycles. The Morgan fingerprint density at radius 2 is 2.29 bits per heavy atom. The molecule has 0 radical (unpaired) electrons. The van der Waals surface area contributed by atoms with Gasteiger partial charge in [0.25, 0.3) is 0 Å². The van der Waals surface area contributed by atoms with Crippen molar-refractivity contribution < 1.29 is 19.8 Å². The summed E-state index contributed by atoms with van der Waals surface area (Å²) in [6.45, 7) is 1.30. The highest BCUT2D eigenvalue weighted by atomic mass is 32.2. The van der Waals surface area contributed by atoms with E-state index in [1.807, 2.05) is 6.08 Å². The maximum Gasteiger partial charge on any atom is 0.327 e. The summed E-state index contributed by atoms with van der Waals surface area (Å²) in [6, 6.07) is -0.857. The molecule has 1 aliphatic rings. The summed E-state index contributed by atoms with van der Waals surface area (Å²) < 4.78 is 0. The summed E-state index contributed by atoms with van der Waals surface area (Å²) in [5, 5.41) is 20.8. The monoisotopic (exact) mass is 259 g/mol. The molecule has 1 rings (SSSR count). The molecule has 0 spiro atoms. The molecule has 0 bridgehead atoms. The zero-order valence-corrected chi connectivity index (χ0v) is 10.4. The number of thioether (sulfide) groups is 1. The summed E-state index contributed by atoms with van der Waals surface area (Å²) in [5.41, 5.74) is 0. The second-order valence-electron chi connectivity index (χ2n) is 4.04. The van der Waals surface area contributed by atoms with Crippen LogP contribution in [-0.4, -0.2) is 45.7 Å². The minimum absolute atomic E-state index is 0.159. The fourth-order valence-electron chi connectivity index (χ4n) is 1.61. The maximum absolute atomic E-state index is 10.8. The van der Waals surface area contributed by atoms with E-state index in [1.54, 1.807) is 6.08 Å². The number of amides is 1. The van der Waals surface area contributed by atoms with Crippen LogP contribution in [0.4, 0.5) is 0 Å². The van der Waals surface area contributed by atoms with Crippen molar-refractivity contribution >= 4 is 23.6 Å². The lowest BCUT2D eigenvalue weighted by Gasteiger charge is -2.16. The molecule has 0 aromatic carbocycles. The molecule has 0 fully saturated rings. The highest BCUT2D eigenvalue weighted by Crippen LogP contribution is 2.23. The SMILES string of the molecule is CC(=O)N[C@@H](CSCC1CC=CC1O)C(=O)O. The molecule has 5 nitrogen and oxygen atoms in total. The van der Waals surface area contributed by atoms with Gasteiger partial charge in [-0.25, -0.2) is 4.79 Å². The molecule has 1 amide bonds. The van der Waals surface area contributed by atoms with E-state index in [9.17, 15) is 14.7 Å².